The molecule has 1 amide bonds. The average Bonchev–Trinajstić information content (AvgIpc) is 2.31. The molecule has 0 spiro atoms. The van der Waals surface area contributed by atoms with Gasteiger partial charge < -0.3 is 10.2 Å². The summed E-state index contributed by atoms with van der Waals surface area (Å²) >= 11 is 5.83. The standard InChI is InChI=1S/C14H19ClN2O/c1-14(2)10-17(8-7-16-14)13(18)9-11-3-5-12(15)6-4-11/h3-6,16H,7-10H2,1-2H3. The number of nitrogens with zero attached hydrogens (tertiary/aromatic N) is 1. The Hall–Kier alpha value is -1.06. The van der Waals surface area contributed by atoms with Crippen LogP contribution >= 0.6 is 11.6 Å². The van der Waals surface area contributed by atoms with Crippen molar-refractivity contribution in [2.45, 2.75) is 25.8 Å². The smallest absolute Gasteiger partial charge is 0.227 e. The van der Waals surface area contributed by atoms with Crippen LogP contribution in [-0.2, 0) is 11.2 Å². The first-order valence-electron chi connectivity index (χ1n) is 6.23. The first kappa shape index (κ1) is 13.4. The van der Waals surface area contributed by atoms with Crippen LogP contribution in [0.25, 0.3) is 0 Å². The van der Waals surface area contributed by atoms with Crippen LogP contribution in [0.15, 0.2) is 24.3 Å². The van der Waals surface area contributed by atoms with Crippen molar-refractivity contribution in [2.75, 3.05) is 19.6 Å². The summed E-state index contributed by atoms with van der Waals surface area (Å²) in [5.41, 5.74) is 1.02. The molecule has 1 heterocycles. The maximum atomic E-state index is 12.2. The Balaban J connectivity index is 1.97. The molecule has 0 bridgehead atoms. The molecule has 1 fully saturated rings. The molecule has 1 aliphatic rings. The van der Waals surface area contributed by atoms with Crippen LogP contribution in [0.4, 0.5) is 0 Å². The van der Waals surface area contributed by atoms with Crippen LogP contribution in [0.3, 0.4) is 0 Å². The zero-order valence-electron chi connectivity index (χ0n) is 10.9. The first-order valence-corrected chi connectivity index (χ1v) is 6.61. The molecule has 0 unspecified atom stereocenters. The number of halogens is 1. The van der Waals surface area contributed by atoms with Crippen molar-refractivity contribution >= 4 is 17.5 Å². The third kappa shape index (κ3) is 3.47. The minimum absolute atomic E-state index is 0.00784. The van der Waals surface area contributed by atoms with Gasteiger partial charge >= 0.3 is 0 Å². The third-order valence-electron chi connectivity index (χ3n) is 3.19. The summed E-state index contributed by atoms with van der Waals surface area (Å²) in [7, 11) is 0. The Morgan fingerprint density at radius 3 is 2.67 bits per heavy atom. The van der Waals surface area contributed by atoms with Gasteiger partial charge in [-0.05, 0) is 31.5 Å². The first-order chi connectivity index (χ1) is 8.46. The largest absolute Gasteiger partial charge is 0.339 e. The Kier molecular flexibility index (Phi) is 3.93. The SMILES string of the molecule is CC1(C)CN(C(=O)Cc2ccc(Cl)cc2)CCN1. The van der Waals surface area contributed by atoms with Crippen molar-refractivity contribution in [3.63, 3.8) is 0 Å². The summed E-state index contributed by atoms with van der Waals surface area (Å²) in [5, 5.41) is 4.11. The monoisotopic (exact) mass is 266 g/mol. The zero-order chi connectivity index (χ0) is 13.2. The van der Waals surface area contributed by atoms with E-state index in [-0.39, 0.29) is 11.4 Å². The number of amides is 1. The molecule has 1 aromatic rings. The molecule has 18 heavy (non-hydrogen) atoms. The van der Waals surface area contributed by atoms with Crippen LogP contribution in [-0.4, -0.2) is 36.0 Å². The minimum atomic E-state index is 0.00784. The van der Waals surface area contributed by atoms with Gasteiger partial charge in [0.05, 0.1) is 6.42 Å². The lowest BCUT2D eigenvalue weighted by atomic mass is 10.0. The topological polar surface area (TPSA) is 32.3 Å². The van der Waals surface area contributed by atoms with Crippen molar-refractivity contribution in [1.82, 2.24) is 10.2 Å². The van der Waals surface area contributed by atoms with E-state index in [2.05, 4.69) is 19.2 Å². The number of benzene rings is 1. The van der Waals surface area contributed by atoms with Crippen LogP contribution in [0, 0.1) is 0 Å². The summed E-state index contributed by atoms with van der Waals surface area (Å²) in [4.78, 5) is 14.1. The molecule has 3 nitrogen and oxygen atoms in total. The lowest BCUT2D eigenvalue weighted by Gasteiger charge is -2.39. The van der Waals surface area contributed by atoms with Crippen LogP contribution in [0.2, 0.25) is 5.02 Å². The number of hydrogen-bond donors (Lipinski definition) is 1. The molecule has 98 valence electrons. The maximum absolute atomic E-state index is 12.2. The second-order valence-corrected chi connectivity index (χ2v) is 5.87. The minimum Gasteiger partial charge on any atom is -0.339 e. The molecule has 0 aliphatic carbocycles. The second kappa shape index (κ2) is 5.29. The number of carbonyl (C=O) groups is 1. The van der Waals surface area contributed by atoms with Crippen molar-refractivity contribution in [1.29, 1.82) is 0 Å². The highest BCUT2D eigenvalue weighted by Gasteiger charge is 2.28. The maximum Gasteiger partial charge on any atom is 0.227 e. The highest BCUT2D eigenvalue weighted by Crippen LogP contribution is 2.14. The van der Waals surface area contributed by atoms with Crippen molar-refractivity contribution in [3.05, 3.63) is 34.9 Å². The van der Waals surface area contributed by atoms with Gasteiger partial charge in [-0.1, -0.05) is 23.7 Å². The van der Waals surface area contributed by atoms with Crippen LogP contribution < -0.4 is 5.32 Å². The molecule has 1 saturated heterocycles. The molecular formula is C14H19ClN2O. The summed E-state index contributed by atoms with van der Waals surface area (Å²) in [6.45, 7) is 6.65. The van der Waals surface area contributed by atoms with Gasteiger partial charge in [-0.2, -0.15) is 0 Å². The van der Waals surface area contributed by atoms with E-state index in [1.165, 1.54) is 0 Å². The van der Waals surface area contributed by atoms with E-state index in [0.717, 1.165) is 25.2 Å². The average molecular weight is 267 g/mol. The molecule has 0 atom stereocenters. The van der Waals surface area contributed by atoms with Crippen LogP contribution in [0.5, 0.6) is 0 Å². The summed E-state index contributed by atoms with van der Waals surface area (Å²) in [6.07, 6.45) is 0.452. The van der Waals surface area contributed by atoms with Gasteiger partial charge in [0, 0.05) is 30.2 Å². The van der Waals surface area contributed by atoms with Gasteiger partial charge in [0.1, 0.15) is 0 Å². The number of nitrogens with one attached hydrogen (secondary N) is 1. The predicted molar refractivity (Wildman–Crippen MR) is 73.8 cm³/mol. The highest BCUT2D eigenvalue weighted by atomic mass is 35.5. The van der Waals surface area contributed by atoms with Crippen LogP contribution in [0.1, 0.15) is 19.4 Å². The quantitative estimate of drug-likeness (QED) is 0.889. The van der Waals surface area contributed by atoms with Gasteiger partial charge in [0.2, 0.25) is 5.91 Å². The molecule has 0 radical (unpaired) electrons. The Morgan fingerprint density at radius 2 is 2.06 bits per heavy atom. The predicted octanol–water partition coefficient (Wildman–Crippen LogP) is 2.09. The Morgan fingerprint density at radius 1 is 1.39 bits per heavy atom. The fourth-order valence-corrected chi connectivity index (χ4v) is 2.37. The van der Waals surface area contributed by atoms with E-state index in [9.17, 15) is 4.79 Å². The van der Waals surface area contributed by atoms with Crippen molar-refractivity contribution in [3.8, 4) is 0 Å². The number of rotatable bonds is 2. The molecule has 1 aromatic carbocycles. The summed E-state index contributed by atoms with van der Waals surface area (Å²) < 4.78 is 0. The van der Waals surface area contributed by atoms with E-state index in [4.69, 9.17) is 11.6 Å². The molecule has 1 aliphatic heterocycles. The number of hydrogen-bond acceptors (Lipinski definition) is 2. The summed E-state index contributed by atoms with van der Waals surface area (Å²) in [5.74, 6) is 0.187. The Labute approximate surface area is 113 Å². The van der Waals surface area contributed by atoms with Gasteiger partial charge in [-0.15, -0.1) is 0 Å². The number of piperazine rings is 1. The Bertz CT molecular complexity index is 428. The fourth-order valence-electron chi connectivity index (χ4n) is 2.24. The molecule has 2 rings (SSSR count). The normalized spacial score (nSPS) is 18.7. The van der Waals surface area contributed by atoms with Gasteiger partial charge in [-0.3, -0.25) is 4.79 Å². The van der Waals surface area contributed by atoms with E-state index in [1.54, 1.807) is 0 Å². The van der Waals surface area contributed by atoms with Gasteiger partial charge in [-0.25, -0.2) is 0 Å². The van der Waals surface area contributed by atoms with E-state index in [1.807, 2.05) is 29.2 Å². The lowest BCUT2D eigenvalue weighted by Crippen LogP contribution is -2.58. The molecule has 0 aromatic heterocycles. The third-order valence-corrected chi connectivity index (χ3v) is 3.44. The zero-order valence-corrected chi connectivity index (χ0v) is 11.6. The number of carbonyl (C=O) groups excluding carboxylic acids is 1. The van der Waals surface area contributed by atoms with Crippen molar-refractivity contribution < 1.29 is 4.79 Å². The fraction of sp³-hybridized carbons (Fsp3) is 0.500. The van der Waals surface area contributed by atoms with Gasteiger partial charge in [0.25, 0.3) is 0 Å². The lowest BCUT2D eigenvalue weighted by molar-refractivity contribution is -0.132. The molecule has 0 saturated carbocycles. The van der Waals surface area contributed by atoms with Crippen molar-refractivity contribution in [2.24, 2.45) is 0 Å². The van der Waals surface area contributed by atoms with E-state index in [0.29, 0.717) is 11.4 Å². The summed E-state index contributed by atoms with van der Waals surface area (Å²) in [6, 6.07) is 7.47. The second-order valence-electron chi connectivity index (χ2n) is 5.43. The molecular weight excluding hydrogens is 248 g/mol. The molecule has 1 N–H and O–H groups in total. The van der Waals surface area contributed by atoms with Gasteiger partial charge in [0.15, 0.2) is 0 Å². The van der Waals surface area contributed by atoms with E-state index < -0.39 is 0 Å². The molecule has 4 heteroatoms. The van der Waals surface area contributed by atoms with E-state index >= 15 is 0 Å². The highest BCUT2D eigenvalue weighted by molar-refractivity contribution is 6.30.